The van der Waals surface area contributed by atoms with E-state index in [-0.39, 0.29) is 5.91 Å². The van der Waals surface area contributed by atoms with Gasteiger partial charge in [-0.2, -0.15) is 0 Å². The number of benzene rings is 2. The summed E-state index contributed by atoms with van der Waals surface area (Å²) in [6.45, 7) is 3.84. The summed E-state index contributed by atoms with van der Waals surface area (Å²) in [5.41, 5.74) is 2.99. The summed E-state index contributed by atoms with van der Waals surface area (Å²) in [7, 11) is 1.57. The number of hydrogen-bond donors (Lipinski definition) is 2. The van der Waals surface area contributed by atoms with E-state index in [0.717, 1.165) is 16.5 Å². The van der Waals surface area contributed by atoms with Crippen molar-refractivity contribution < 1.29 is 9.53 Å². The number of fused-ring (bicyclic) bond motifs is 1. The van der Waals surface area contributed by atoms with E-state index in [1.165, 1.54) is 0 Å². The minimum absolute atomic E-state index is 0.178. The zero-order valence-corrected chi connectivity index (χ0v) is 11.6. The first kappa shape index (κ1) is 13.2. The Morgan fingerprint density at radius 3 is 2.86 bits per heavy atom. The molecule has 0 unspecified atom stereocenters. The Morgan fingerprint density at radius 2 is 2.05 bits per heavy atom. The molecular weight excluding hydrogens is 264 g/mol. The van der Waals surface area contributed by atoms with E-state index in [0.29, 0.717) is 17.0 Å². The number of anilines is 1. The second kappa shape index (κ2) is 5.32. The maximum absolute atomic E-state index is 12.4. The summed E-state index contributed by atoms with van der Waals surface area (Å²) in [5.74, 6) is 0.415. The monoisotopic (exact) mass is 279 g/mol. The number of carbonyl (C=O) groups excluding carboxylic acids is 1. The lowest BCUT2D eigenvalue weighted by Crippen LogP contribution is -2.12. The van der Waals surface area contributed by atoms with Crippen molar-refractivity contribution in [3.63, 3.8) is 0 Å². The Kier molecular flexibility index (Phi) is 3.36. The molecule has 0 saturated heterocycles. The number of ether oxygens (including phenoxy) is 1. The molecule has 3 aromatic rings. The Bertz CT molecular complexity index is 805. The Hall–Kier alpha value is -2.75. The zero-order chi connectivity index (χ0) is 14.8. The topological polar surface area (TPSA) is 54.1 Å². The Labute approximate surface area is 122 Å². The van der Waals surface area contributed by atoms with Crippen LogP contribution in [0.2, 0.25) is 0 Å². The van der Waals surface area contributed by atoms with Gasteiger partial charge in [0.25, 0.3) is 5.91 Å². The molecule has 4 nitrogen and oxygen atoms in total. The summed E-state index contributed by atoms with van der Waals surface area (Å²) >= 11 is 0. The smallest absolute Gasteiger partial charge is 0.257 e. The number of aromatic nitrogens is 1. The number of amides is 1. The largest absolute Gasteiger partial charge is 0.495 e. The van der Waals surface area contributed by atoms with Crippen LogP contribution in [0.15, 0.2) is 48.7 Å². The summed E-state index contributed by atoms with van der Waals surface area (Å²) in [4.78, 5) is 15.5. The molecule has 1 amide bonds. The first-order valence-corrected chi connectivity index (χ1v) is 6.56. The van der Waals surface area contributed by atoms with Crippen LogP contribution in [-0.4, -0.2) is 18.0 Å². The number of methoxy groups -OCH3 is 1. The van der Waals surface area contributed by atoms with Crippen LogP contribution in [-0.2, 0) is 0 Å². The van der Waals surface area contributed by atoms with E-state index in [1.54, 1.807) is 25.4 Å². The van der Waals surface area contributed by atoms with Gasteiger partial charge >= 0.3 is 0 Å². The summed E-state index contributed by atoms with van der Waals surface area (Å²) in [6.07, 6.45) is 1.71. The van der Waals surface area contributed by atoms with Crippen LogP contribution in [0.4, 0.5) is 5.69 Å². The number of aromatic amines is 1. The highest BCUT2D eigenvalue weighted by molar-refractivity contribution is 6.13. The lowest BCUT2D eigenvalue weighted by molar-refractivity contribution is 0.102. The SMILES string of the molecule is [CH2]c1ccc(NC(=O)c2c[nH]c3ccccc23)c(OC)c1. The number of hydrogen-bond acceptors (Lipinski definition) is 2. The second-order valence-corrected chi connectivity index (χ2v) is 4.74. The van der Waals surface area contributed by atoms with Crippen molar-refractivity contribution in [1.29, 1.82) is 0 Å². The van der Waals surface area contributed by atoms with Crippen molar-refractivity contribution in [2.75, 3.05) is 12.4 Å². The van der Waals surface area contributed by atoms with Crippen LogP contribution < -0.4 is 10.1 Å². The minimum Gasteiger partial charge on any atom is -0.495 e. The second-order valence-electron chi connectivity index (χ2n) is 4.74. The van der Waals surface area contributed by atoms with Crippen molar-refractivity contribution in [3.05, 3.63) is 66.7 Å². The quantitative estimate of drug-likeness (QED) is 0.769. The van der Waals surface area contributed by atoms with Crippen molar-refractivity contribution in [3.8, 4) is 5.75 Å². The van der Waals surface area contributed by atoms with Crippen molar-refractivity contribution in [1.82, 2.24) is 4.98 Å². The van der Waals surface area contributed by atoms with Crippen LogP contribution in [0.5, 0.6) is 5.75 Å². The molecule has 0 aliphatic rings. The van der Waals surface area contributed by atoms with Crippen molar-refractivity contribution >= 4 is 22.5 Å². The third-order valence-corrected chi connectivity index (χ3v) is 3.35. The van der Waals surface area contributed by atoms with Gasteiger partial charge in [0.15, 0.2) is 0 Å². The van der Waals surface area contributed by atoms with Gasteiger partial charge in [-0.25, -0.2) is 0 Å². The molecule has 0 fully saturated rings. The summed E-state index contributed by atoms with van der Waals surface area (Å²) < 4.78 is 5.27. The Morgan fingerprint density at radius 1 is 1.24 bits per heavy atom. The molecule has 21 heavy (non-hydrogen) atoms. The highest BCUT2D eigenvalue weighted by Crippen LogP contribution is 2.26. The minimum atomic E-state index is -0.178. The Balaban J connectivity index is 1.93. The molecular formula is C17H15N2O2. The molecule has 3 rings (SSSR count). The predicted octanol–water partition coefficient (Wildman–Crippen LogP) is 3.61. The van der Waals surface area contributed by atoms with Crippen molar-refractivity contribution in [2.24, 2.45) is 0 Å². The third-order valence-electron chi connectivity index (χ3n) is 3.35. The molecule has 105 valence electrons. The van der Waals surface area contributed by atoms with Crippen LogP contribution in [0.1, 0.15) is 15.9 Å². The third kappa shape index (κ3) is 2.48. The van der Waals surface area contributed by atoms with Crippen molar-refractivity contribution in [2.45, 2.75) is 0 Å². The molecule has 0 saturated carbocycles. The normalized spacial score (nSPS) is 10.6. The van der Waals surface area contributed by atoms with Crippen LogP contribution in [0.3, 0.4) is 0 Å². The fourth-order valence-corrected chi connectivity index (χ4v) is 2.29. The first-order chi connectivity index (χ1) is 10.2. The van der Waals surface area contributed by atoms with E-state index < -0.39 is 0 Å². The van der Waals surface area contributed by atoms with Gasteiger partial charge < -0.3 is 15.0 Å². The molecule has 2 aromatic carbocycles. The van der Waals surface area contributed by atoms with Gasteiger partial charge in [-0.3, -0.25) is 4.79 Å². The molecule has 1 radical (unpaired) electrons. The van der Waals surface area contributed by atoms with E-state index in [9.17, 15) is 4.79 Å². The fourth-order valence-electron chi connectivity index (χ4n) is 2.29. The summed E-state index contributed by atoms with van der Waals surface area (Å²) in [5, 5.41) is 3.76. The van der Waals surface area contributed by atoms with Gasteiger partial charge in [0.1, 0.15) is 5.75 Å². The predicted molar refractivity (Wildman–Crippen MR) is 83.7 cm³/mol. The molecule has 2 N–H and O–H groups in total. The lowest BCUT2D eigenvalue weighted by Gasteiger charge is -2.10. The molecule has 0 bridgehead atoms. The van der Waals surface area contributed by atoms with E-state index in [2.05, 4.69) is 17.2 Å². The average molecular weight is 279 g/mol. The number of para-hydroxylation sites is 1. The summed E-state index contributed by atoms with van der Waals surface area (Å²) in [6, 6.07) is 13.1. The molecule has 0 aliphatic heterocycles. The van der Waals surface area contributed by atoms with Crippen LogP contribution in [0, 0.1) is 6.92 Å². The van der Waals surface area contributed by atoms with Gasteiger partial charge in [0.05, 0.1) is 18.4 Å². The maximum atomic E-state index is 12.4. The zero-order valence-electron chi connectivity index (χ0n) is 11.6. The molecule has 1 heterocycles. The highest BCUT2D eigenvalue weighted by Gasteiger charge is 2.13. The molecule has 1 aromatic heterocycles. The maximum Gasteiger partial charge on any atom is 0.257 e. The van der Waals surface area contributed by atoms with Gasteiger partial charge in [-0.15, -0.1) is 0 Å². The number of carbonyl (C=O) groups is 1. The number of nitrogens with one attached hydrogen (secondary N) is 2. The standard InChI is InChI=1S/C17H15N2O2/c1-11-7-8-15(16(9-11)21-2)19-17(20)13-10-18-14-6-4-3-5-12(13)14/h3-10,18H,1H2,2H3,(H,19,20). The first-order valence-electron chi connectivity index (χ1n) is 6.56. The van der Waals surface area contributed by atoms with Gasteiger partial charge in [-0.05, 0) is 30.7 Å². The fraction of sp³-hybridized carbons (Fsp3) is 0.0588. The van der Waals surface area contributed by atoms with Gasteiger partial charge in [0.2, 0.25) is 0 Å². The molecule has 4 heteroatoms. The van der Waals surface area contributed by atoms with Crippen LogP contribution >= 0.6 is 0 Å². The number of rotatable bonds is 3. The lowest BCUT2D eigenvalue weighted by atomic mass is 10.1. The van der Waals surface area contributed by atoms with Gasteiger partial charge in [0, 0.05) is 17.1 Å². The molecule has 0 atom stereocenters. The van der Waals surface area contributed by atoms with Gasteiger partial charge in [-0.1, -0.05) is 24.3 Å². The molecule has 0 spiro atoms. The van der Waals surface area contributed by atoms with E-state index in [1.807, 2.05) is 30.3 Å². The van der Waals surface area contributed by atoms with E-state index >= 15 is 0 Å². The van der Waals surface area contributed by atoms with Crippen LogP contribution in [0.25, 0.3) is 10.9 Å². The number of H-pyrrole nitrogens is 1. The average Bonchev–Trinajstić information content (AvgIpc) is 2.93. The highest BCUT2D eigenvalue weighted by atomic mass is 16.5. The van der Waals surface area contributed by atoms with E-state index in [4.69, 9.17) is 4.74 Å². The molecule has 0 aliphatic carbocycles.